The zero-order valence-corrected chi connectivity index (χ0v) is 11.8. The summed E-state index contributed by atoms with van der Waals surface area (Å²) in [6.45, 7) is 1.76. The predicted molar refractivity (Wildman–Crippen MR) is 66.5 cm³/mol. The molecule has 0 bridgehead atoms. The third-order valence-electron chi connectivity index (χ3n) is 3.60. The molecule has 0 amide bonds. The van der Waals surface area contributed by atoms with Gasteiger partial charge in [-0.2, -0.15) is 4.39 Å². The van der Waals surface area contributed by atoms with Crippen LogP contribution in [0.4, 0.5) is 8.78 Å². The first kappa shape index (κ1) is 18.2. The summed E-state index contributed by atoms with van der Waals surface area (Å²) in [5, 5.41) is 28.0. The maximum absolute atomic E-state index is 14.5. The third-order valence-corrected chi connectivity index (χ3v) is 3.60. The molecule has 1 saturated heterocycles. The molecule has 0 aromatic rings. The van der Waals surface area contributed by atoms with Gasteiger partial charge < -0.3 is 30.5 Å². The molecule has 0 radical (unpaired) electrons. The number of esters is 1. The minimum atomic E-state index is -3.47. The van der Waals surface area contributed by atoms with Gasteiger partial charge in [0, 0.05) is 12.0 Å². The van der Waals surface area contributed by atoms with Crippen LogP contribution in [0.1, 0.15) is 13.8 Å². The third kappa shape index (κ3) is 3.32. The summed E-state index contributed by atoms with van der Waals surface area (Å²) >= 11 is 0. The van der Waals surface area contributed by atoms with Gasteiger partial charge in [0.1, 0.15) is 12.2 Å². The molecule has 6 unspecified atom stereocenters. The van der Waals surface area contributed by atoms with Crippen LogP contribution in [0.5, 0.6) is 0 Å². The van der Waals surface area contributed by atoms with Crippen molar-refractivity contribution < 1.29 is 38.4 Å². The van der Waals surface area contributed by atoms with Crippen molar-refractivity contribution in [2.24, 2.45) is 11.7 Å². The van der Waals surface area contributed by atoms with E-state index in [1.165, 1.54) is 13.8 Å². The van der Waals surface area contributed by atoms with Gasteiger partial charge in [0.05, 0.1) is 19.3 Å². The van der Waals surface area contributed by atoms with Crippen molar-refractivity contribution in [2.75, 3.05) is 13.2 Å². The number of hydrogen-bond donors (Lipinski definition) is 4. The molecule has 1 fully saturated rings. The summed E-state index contributed by atoms with van der Waals surface area (Å²) in [5.74, 6) is -5.96. The Labute approximate surface area is 120 Å². The molecule has 7 nitrogen and oxygen atoms in total. The minimum absolute atomic E-state index is 0.197. The highest BCUT2D eigenvalue weighted by Gasteiger charge is 2.61. The first-order chi connectivity index (χ1) is 9.70. The van der Waals surface area contributed by atoms with Gasteiger partial charge in [-0.25, -0.2) is 9.18 Å². The Hall–Kier alpha value is -0.870. The molecule has 21 heavy (non-hydrogen) atoms. The number of ether oxygens (including phenoxy) is 2. The van der Waals surface area contributed by atoms with Crippen molar-refractivity contribution in [1.82, 2.24) is 0 Å². The van der Waals surface area contributed by atoms with E-state index in [1.807, 2.05) is 0 Å². The van der Waals surface area contributed by atoms with E-state index < -0.39 is 54.9 Å². The zero-order chi connectivity index (χ0) is 16.4. The Morgan fingerprint density at radius 3 is 2.57 bits per heavy atom. The maximum Gasteiger partial charge on any atom is 0.375 e. The van der Waals surface area contributed by atoms with Gasteiger partial charge in [-0.1, -0.05) is 6.92 Å². The monoisotopic (exact) mass is 313 g/mol. The average Bonchev–Trinajstić information content (AvgIpc) is 2.47. The fourth-order valence-electron chi connectivity index (χ4n) is 2.20. The number of aliphatic hydroxyl groups is 3. The molecular weight excluding hydrogens is 292 g/mol. The second-order valence-electron chi connectivity index (χ2n) is 5.03. The Kier molecular flexibility index (Phi) is 6.00. The fraction of sp³-hybridized carbons (Fsp3) is 0.917. The number of carbonyl (C=O) groups is 1. The van der Waals surface area contributed by atoms with Gasteiger partial charge in [0.2, 0.25) is 0 Å². The highest BCUT2D eigenvalue weighted by Crippen LogP contribution is 2.38. The smallest absolute Gasteiger partial charge is 0.375 e. The van der Waals surface area contributed by atoms with Crippen LogP contribution in [0.25, 0.3) is 0 Å². The minimum Gasteiger partial charge on any atom is -0.462 e. The van der Waals surface area contributed by atoms with E-state index in [9.17, 15) is 23.8 Å². The maximum atomic E-state index is 14.5. The standard InChI is InChI=1S/C12H21F2NO6/c1-3-20-11(19)12(14)10(13)7(15)5(2)9(21-12)8(18)6(17)4-16/h5-10,16-18H,3-4,15H2,1-2H3/t5?,6-,7?,8?,9?,10?,12?/m1/s1. The topological polar surface area (TPSA) is 122 Å². The van der Waals surface area contributed by atoms with E-state index in [2.05, 4.69) is 4.74 Å². The van der Waals surface area contributed by atoms with Gasteiger partial charge >= 0.3 is 11.8 Å². The SMILES string of the molecule is CCOC(=O)C1(F)OC(C(O)[C@H](O)CO)C(C)C(N)C1F. The number of aliphatic hydroxyl groups excluding tert-OH is 3. The first-order valence-electron chi connectivity index (χ1n) is 6.61. The highest BCUT2D eigenvalue weighted by molar-refractivity contribution is 5.79. The number of rotatable bonds is 5. The van der Waals surface area contributed by atoms with Crippen LogP contribution in [0.3, 0.4) is 0 Å². The van der Waals surface area contributed by atoms with Crippen molar-refractivity contribution in [2.45, 2.75) is 50.2 Å². The summed E-state index contributed by atoms with van der Waals surface area (Å²) in [7, 11) is 0. The number of nitrogens with two attached hydrogens (primary N) is 1. The summed E-state index contributed by atoms with van der Waals surface area (Å²) in [6.07, 6.45) is -7.36. The van der Waals surface area contributed by atoms with Crippen LogP contribution in [0.2, 0.25) is 0 Å². The highest BCUT2D eigenvalue weighted by atomic mass is 19.2. The Bertz CT molecular complexity index is 370. The molecular formula is C12H21F2NO6. The van der Waals surface area contributed by atoms with E-state index in [4.69, 9.17) is 15.6 Å². The fourth-order valence-corrected chi connectivity index (χ4v) is 2.20. The van der Waals surface area contributed by atoms with E-state index >= 15 is 0 Å². The van der Waals surface area contributed by atoms with Gasteiger partial charge in [0.15, 0.2) is 6.17 Å². The molecule has 5 N–H and O–H groups in total. The van der Waals surface area contributed by atoms with Crippen LogP contribution in [0.15, 0.2) is 0 Å². The van der Waals surface area contributed by atoms with Crippen LogP contribution < -0.4 is 5.73 Å². The number of halogens is 2. The van der Waals surface area contributed by atoms with Crippen molar-refractivity contribution >= 4 is 5.97 Å². The van der Waals surface area contributed by atoms with Gasteiger partial charge in [-0.05, 0) is 6.92 Å². The Balaban J connectivity index is 3.05. The van der Waals surface area contributed by atoms with E-state index in [1.54, 1.807) is 0 Å². The molecule has 124 valence electrons. The van der Waals surface area contributed by atoms with Crippen molar-refractivity contribution in [1.29, 1.82) is 0 Å². The number of alkyl halides is 2. The second-order valence-corrected chi connectivity index (χ2v) is 5.03. The van der Waals surface area contributed by atoms with Crippen LogP contribution >= 0.6 is 0 Å². The lowest BCUT2D eigenvalue weighted by molar-refractivity contribution is -0.285. The van der Waals surface area contributed by atoms with Crippen molar-refractivity contribution in [3.05, 3.63) is 0 Å². The number of carbonyl (C=O) groups excluding carboxylic acids is 1. The lowest BCUT2D eigenvalue weighted by Gasteiger charge is -2.45. The molecule has 0 aromatic heterocycles. The van der Waals surface area contributed by atoms with E-state index in [0.717, 1.165) is 0 Å². The summed E-state index contributed by atoms with van der Waals surface area (Å²) < 4.78 is 37.8. The molecule has 0 spiro atoms. The molecule has 1 aliphatic rings. The predicted octanol–water partition coefficient (Wildman–Crippen LogP) is -1.37. The van der Waals surface area contributed by atoms with Crippen LogP contribution in [-0.4, -0.2) is 70.9 Å². The molecule has 1 heterocycles. The lowest BCUT2D eigenvalue weighted by Crippen LogP contribution is -2.67. The van der Waals surface area contributed by atoms with Crippen molar-refractivity contribution in [3.8, 4) is 0 Å². The average molecular weight is 313 g/mol. The summed E-state index contributed by atoms with van der Waals surface area (Å²) in [4.78, 5) is 11.6. The quantitative estimate of drug-likeness (QED) is 0.462. The van der Waals surface area contributed by atoms with Crippen LogP contribution in [0, 0.1) is 5.92 Å². The Morgan fingerprint density at radius 1 is 1.52 bits per heavy atom. The second kappa shape index (κ2) is 6.93. The summed E-state index contributed by atoms with van der Waals surface area (Å²) in [6, 6.07) is -1.46. The largest absolute Gasteiger partial charge is 0.462 e. The lowest BCUT2D eigenvalue weighted by atomic mass is 9.82. The van der Waals surface area contributed by atoms with Gasteiger partial charge in [-0.3, -0.25) is 0 Å². The first-order valence-corrected chi connectivity index (χ1v) is 6.61. The Morgan fingerprint density at radius 2 is 2.10 bits per heavy atom. The van der Waals surface area contributed by atoms with Gasteiger partial charge in [0.25, 0.3) is 0 Å². The molecule has 1 aliphatic heterocycles. The zero-order valence-electron chi connectivity index (χ0n) is 11.8. The van der Waals surface area contributed by atoms with Crippen molar-refractivity contribution in [3.63, 3.8) is 0 Å². The molecule has 1 rings (SSSR count). The van der Waals surface area contributed by atoms with E-state index in [-0.39, 0.29) is 6.61 Å². The van der Waals surface area contributed by atoms with Gasteiger partial charge in [-0.15, -0.1) is 0 Å². The molecule has 0 saturated carbocycles. The summed E-state index contributed by atoms with van der Waals surface area (Å²) in [5.41, 5.74) is 5.54. The molecule has 0 aromatic carbocycles. The van der Waals surface area contributed by atoms with E-state index in [0.29, 0.717) is 0 Å². The molecule has 7 atom stereocenters. The molecule has 9 heteroatoms. The normalized spacial score (nSPS) is 39.6. The number of hydrogen-bond acceptors (Lipinski definition) is 7. The molecule has 0 aliphatic carbocycles. The van der Waals surface area contributed by atoms with Crippen LogP contribution in [-0.2, 0) is 14.3 Å².